The van der Waals surface area contributed by atoms with Crippen molar-refractivity contribution in [2.45, 2.75) is 24.3 Å². The molecule has 0 radical (unpaired) electrons. The predicted octanol–water partition coefficient (Wildman–Crippen LogP) is 4.95. The highest BCUT2D eigenvalue weighted by atomic mass is 32.2. The van der Waals surface area contributed by atoms with E-state index in [1.807, 2.05) is 49.4 Å². The molecule has 0 bridgehead atoms. The van der Waals surface area contributed by atoms with Crippen molar-refractivity contribution in [2.24, 2.45) is 0 Å². The summed E-state index contributed by atoms with van der Waals surface area (Å²) >= 11 is 0. The molecule has 4 nitrogen and oxygen atoms in total. The molecule has 2 heterocycles. The second-order valence-corrected chi connectivity index (χ2v) is 9.59. The predicted molar refractivity (Wildman–Crippen MR) is 115 cm³/mol. The summed E-state index contributed by atoms with van der Waals surface area (Å²) in [7, 11) is -3.82. The average Bonchev–Trinajstić information content (AvgIpc) is 3.13. The number of benzene rings is 3. The van der Waals surface area contributed by atoms with Crippen molar-refractivity contribution in [1.29, 1.82) is 0 Å². The molecule has 5 rings (SSSR count). The van der Waals surface area contributed by atoms with Gasteiger partial charge in [-0.1, -0.05) is 48.0 Å². The minimum Gasteiger partial charge on any atom is -0.357 e. The number of aromatic nitrogens is 1. The molecule has 0 unspecified atom stereocenters. The number of hydrogen-bond acceptors (Lipinski definition) is 2. The van der Waals surface area contributed by atoms with Gasteiger partial charge in [0, 0.05) is 23.1 Å². The van der Waals surface area contributed by atoms with Gasteiger partial charge in [-0.2, -0.15) is 4.31 Å². The van der Waals surface area contributed by atoms with Crippen LogP contribution < -0.4 is 0 Å². The molecule has 152 valence electrons. The Morgan fingerprint density at radius 2 is 1.67 bits per heavy atom. The summed E-state index contributed by atoms with van der Waals surface area (Å²) in [6.07, 6.45) is 0.613. The van der Waals surface area contributed by atoms with Crippen molar-refractivity contribution in [3.63, 3.8) is 0 Å². The van der Waals surface area contributed by atoms with E-state index in [4.69, 9.17) is 0 Å². The Bertz CT molecular complexity index is 1330. The lowest BCUT2D eigenvalue weighted by molar-refractivity contribution is 0.340. The van der Waals surface area contributed by atoms with Gasteiger partial charge in [-0.25, -0.2) is 12.8 Å². The molecule has 30 heavy (non-hydrogen) atoms. The zero-order valence-electron chi connectivity index (χ0n) is 16.5. The number of aromatic amines is 1. The summed E-state index contributed by atoms with van der Waals surface area (Å²) in [6, 6.07) is 20.6. The normalized spacial score (nSPS) is 17.2. The molecular formula is C24H21FN2O2S. The molecule has 0 spiro atoms. The van der Waals surface area contributed by atoms with Crippen molar-refractivity contribution in [1.82, 2.24) is 9.29 Å². The first-order chi connectivity index (χ1) is 14.4. The zero-order chi connectivity index (χ0) is 20.9. The number of sulfonamides is 1. The Morgan fingerprint density at radius 3 is 2.40 bits per heavy atom. The van der Waals surface area contributed by atoms with Crippen LogP contribution in [0.2, 0.25) is 0 Å². The lowest BCUT2D eigenvalue weighted by Gasteiger charge is -2.35. The fourth-order valence-corrected chi connectivity index (χ4v) is 5.89. The lowest BCUT2D eigenvalue weighted by Crippen LogP contribution is -2.40. The van der Waals surface area contributed by atoms with Crippen LogP contribution in [0.1, 0.15) is 28.4 Å². The maximum Gasteiger partial charge on any atom is 0.244 e. The van der Waals surface area contributed by atoms with Gasteiger partial charge in [0.2, 0.25) is 10.0 Å². The van der Waals surface area contributed by atoms with E-state index in [9.17, 15) is 12.8 Å². The van der Waals surface area contributed by atoms with E-state index in [0.717, 1.165) is 33.3 Å². The van der Waals surface area contributed by atoms with Crippen LogP contribution in [0.3, 0.4) is 0 Å². The molecule has 1 aliphatic rings. The first-order valence-corrected chi connectivity index (χ1v) is 11.3. The highest BCUT2D eigenvalue weighted by Gasteiger charge is 2.39. The van der Waals surface area contributed by atoms with Crippen molar-refractivity contribution >= 4 is 20.9 Å². The summed E-state index contributed by atoms with van der Waals surface area (Å²) in [5.41, 5.74) is 5.07. The molecule has 6 heteroatoms. The van der Waals surface area contributed by atoms with E-state index < -0.39 is 21.9 Å². The molecule has 0 fully saturated rings. The highest BCUT2D eigenvalue weighted by molar-refractivity contribution is 7.89. The van der Waals surface area contributed by atoms with Crippen LogP contribution in [0.15, 0.2) is 77.7 Å². The van der Waals surface area contributed by atoms with Gasteiger partial charge in [-0.3, -0.25) is 0 Å². The van der Waals surface area contributed by atoms with E-state index >= 15 is 0 Å². The molecular weight excluding hydrogens is 399 g/mol. The van der Waals surface area contributed by atoms with Crippen molar-refractivity contribution < 1.29 is 12.8 Å². The summed E-state index contributed by atoms with van der Waals surface area (Å²) < 4.78 is 42.1. The van der Waals surface area contributed by atoms with E-state index in [1.54, 1.807) is 0 Å². The van der Waals surface area contributed by atoms with Crippen LogP contribution in [0.4, 0.5) is 4.39 Å². The Balaban J connectivity index is 1.70. The Kier molecular flexibility index (Phi) is 4.49. The van der Waals surface area contributed by atoms with Crippen molar-refractivity contribution in [3.8, 4) is 0 Å². The van der Waals surface area contributed by atoms with Gasteiger partial charge in [0.15, 0.2) is 0 Å². The standard InChI is InChI=1S/C24H21FN2O2S/c1-16-6-8-17(9-7-16)24-23-21(20-4-2-3-5-22(20)26-23)14-15-27(24)30(28,29)19-12-10-18(25)11-13-19/h2-13,24,26H,14-15H2,1H3/t24-/m0/s1. The molecule has 3 aromatic carbocycles. The number of nitrogens with one attached hydrogen (secondary N) is 1. The first-order valence-electron chi connectivity index (χ1n) is 9.88. The summed E-state index contributed by atoms with van der Waals surface area (Å²) in [4.78, 5) is 3.57. The van der Waals surface area contributed by atoms with Gasteiger partial charge >= 0.3 is 0 Å². The first kappa shape index (κ1) is 19.0. The minimum atomic E-state index is -3.82. The zero-order valence-corrected chi connectivity index (χ0v) is 17.3. The van der Waals surface area contributed by atoms with Crippen LogP contribution in [-0.2, 0) is 16.4 Å². The SMILES string of the molecule is Cc1ccc([C@H]2c3[nH]c4ccccc4c3CCN2S(=O)(=O)c2ccc(F)cc2)cc1. The van der Waals surface area contributed by atoms with Crippen molar-refractivity contribution in [3.05, 3.63) is 101 Å². The third kappa shape index (κ3) is 3.04. The second-order valence-electron chi connectivity index (χ2n) is 7.70. The number of rotatable bonds is 3. The molecule has 1 aliphatic heterocycles. The molecule has 0 saturated carbocycles. The third-order valence-electron chi connectivity index (χ3n) is 5.80. The van der Waals surface area contributed by atoms with E-state index in [2.05, 4.69) is 11.1 Å². The van der Waals surface area contributed by atoms with E-state index in [0.29, 0.717) is 13.0 Å². The van der Waals surface area contributed by atoms with Gasteiger partial charge in [-0.05, 0) is 54.8 Å². The number of para-hydroxylation sites is 1. The second kappa shape index (κ2) is 7.07. The smallest absolute Gasteiger partial charge is 0.244 e. The van der Waals surface area contributed by atoms with Crippen LogP contribution in [0.5, 0.6) is 0 Å². The van der Waals surface area contributed by atoms with Gasteiger partial charge in [-0.15, -0.1) is 0 Å². The Labute approximate surface area is 175 Å². The van der Waals surface area contributed by atoms with Gasteiger partial charge in [0.05, 0.1) is 10.9 Å². The molecule has 1 N–H and O–H groups in total. The third-order valence-corrected chi connectivity index (χ3v) is 7.68. The van der Waals surface area contributed by atoms with Crippen LogP contribution >= 0.6 is 0 Å². The summed E-state index contributed by atoms with van der Waals surface area (Å²) in [5, 5.41) is 1.13. The minimum absolute atomic E-state index is 0.0978. The average molecular weight is 421 g/mol. The number of aryl methyl sites for hydroxylation is 1. The number of hydrogen-bond donors (Lipinski definition) is 1. The lowest BCUT2D eigenvalue weighted by atomic mass is 9.94. The van der Waals surface area contributed by atoms with Crippen molar-refractivity contribution in [2.75, 3.05) is 6.54 Å². The Hall–Kier alpha value is -2.96. The summed E-state index contributed by atoms with van der Waals surface area (Å²) in [6.45, 7) is 2.36. The summed E-state index contributed by atoms with van der Waals surface area (Å²) in [5.74, 6) is -0.458. The molecule has 1 aromatic heterocycles. The van der Waals surface area contributed by atoms with Gasteiger partial charge < -0.3 is 4.98 Å². The van der Waals surface area contributed by atoms with Crippen LogP contribution in [0, 0.1) is 12.7 Å². The number of halogens is 1. The highest BCUT2D eigenvalue weighted by Crippen LogP contribution is 2.41. The molecule has 0 amide bonds. The molecule has 4 aromatic rings. The number of nitrogens with zero attached hydrogens (tertiary/aromatic N) is 1. The van der Waals surface area contributed by atoms with Crippen LogP contribution in [0.25, 0.3) is 10.9 Å². The fourth-order valence-electron chi connectivity index (χ4n) is 4.30. The maximum atomic E-state index is 13.6. The van der Waals surface area contributed by atoms with Gasteiger partial charge in [0.25, 0.3) is 0 Å². The van der Waals surface area contributed by atoms with E-state index in [-0.39, 0.29) is 4.90 Å². The molecule has 1 atom stereocenters. The molecule has 0 aliphatic carbocycles. The quantitative estimate of drug-likeness (QED) is 0.510. The molecule has 0 saturated heterocycles. The largest absolute Gasteiger partial charge is 0.357 e. The maximum absolute atomic E-state index is 13.6. The van der Waals surface area contributed by atoms with Crippen LogP contribution in [-0.4, -0.2) is 24.3 Å². The van der Waals surface area contributed by atoms with Gasteiger partial charge in [0.1, 0.15) is 5.82 Å². The fraction of sp³-hybridized carbons (Fsp3) is 0.167. The number of H-pyrrole nitrogens is 1. The monoisotopic (exact) mass is 420 g/mol. The Morgan fingerprint density at radius 1 is 0.967 bits per heavy atom. The topological polar surface area (TPSA) is 53.2 Å². The van der Waals surface area contributed by atoms with E-state index in [1.165, 1.54) is 28.6 Å². The number of fused-ring (bicyclic) bond motifs is 3.